The van der Waals surface area contributed by atoms with Crippen LogP contribution in [0.2, 0.25) is 0 Å². The number of rotatable bonds is 4. The highest BCUT2D eigenvalue weighted by atomic mass is 32.1. The van der Waals surface area contributed by atoms with Crippen LogP contribution >= 0.6 is 11.3 Å². The van der Waals surface area contributed by atoms with Crippen LogP contribution in [0.4, 0.5) is 5.13 Å². The lowest BCUT2D eigenvalue weighted by Crippen LogP contribution is -2.32. The molecule has 2 fully saturated rings. The van der Waals surface area contributed by atoms with Crippen LogP contribution in [0.1, 0.15) is 56.0 Å². The summed E-state index contributed by atoms with van der Waals surface area (Å²) in [5, 5.41) is 4.85. The Morgan fingerprint density at radius 2 is 2.11 bits per heavy atom. The zero-order chi connectivity index (χ0) is 13.2. The van der Waals surface area contributed by atoms with Crippen molar-refractivity contribution in [2.24, 2.45) is 0 Å². The molecule has 3 rings (SSSR count). The zero-order valence-corrected chi connectivity index (χ0v) is 12.9. The van der Waals surface area contributed by atoms with Gasteiger partial charge in [-0.15, -0.1) is 11.3 Å². The normalized spacial score (nSPS) is 24.5. The van der Waals surface area contributed by atoms with Gasteiger partial charge in [-0.1, -0.05) is 12.8 Å². The van der Waals surface area contributed by atoms with Gasteiger partial charge in [-0.3, -0.25) is 0 Å². The smallest absolute Gasteiger partial charge is 0.186 e. The van der Waals surface area contributed by atoms with Gasteiger partial charge in [-0.2, -0.15) is 0 Å². The van der Waals surface area contributed by atoms with E-state index in [9.17, 15) is 0 Å². The SMILES string of the molecule is Cc1nc(N2CCCCCC2C)sc1CNC1CC1. The maximum atomic E-state index is 4.83. The molecule has 1 saturated carbocycles. The lowest BCUT2D eigenvalue weighted by Gasteiger charge is -2.26. The van der Waals surface area contributed by atoms with Crippen LogP contribution in [0.3, 0.4) is 0 Å². The number of aromatic nitrogens is 1. The van der Waals surface area contributed by atoms with E-state index >= 15 is 0 Å². The summed E-state index contributed by atoms with van der Waals surface area (Å²) >= 11 is 1.90. The highest BCUT2D eigenvalue weighted by Crippen LogP contribution is 2.31. The van der Waals surface area contributed by atoms with E-state index in [1.165, 1.54) is 60.8 Å². The maximum absolute atomic E-state index is 4.83. The van der Waals surface area contributed by atoms with Gasteiger partial charge in [0.25, 0.3) is 0 Å². The minimum absolute atomic E-state index is 0.650. The second kappa shape index (κ2) is 5.80. The number of aryl methyl sites for hydroxylation is 1. The molecular weight excluding hydrogens is 254 g/mol. The molecule has 106 valence electrons. The quantitative estimate of drug-likeness (QED) is 0.914. The first-order chi connectivity index (χ1) is 9.24. The van der Waals surface area contributed by atoms with Gasteiger partial charge in [0, 0.05) is 30.1 Å². The van der Waals surface area contributed by atoms with E-state index in [-0.39, 0.29) is 0 Å². The molecule has 1 aliphatic heterocycles. The molecule has 3 nitrogen and oxygen atoms in total. The van der Waals surface area contributed by atoms with Crippen molar-refractivity contribution in [3.63, 3.8) is 0 Å². The number of thiazole rings is 1. The summed E-state index contributed by atoms with van der Waals surface area (Å²) in [4.78, 5) is 8.79. The minimum atomic E-state index is 0.650. The van der Waals surface area contributed by atoms with Crippen molar-refractivity contribution in [3.8, 4) is 0 Å². The summed E-state index contributed by atoms with van der Waals surface area (Å²) in [5.41, 5.74) is 1.23. The van der Waals surface area contributed by atoms with Crippen molar-refractivity contribution in [1.82, 2.24) is 10.3 Å². The van der Waals surface area contributed by atoms with Crippen molar-refractivity contribution in [2.75, 3.05) is 11.4 Å². The molecule has 19 heavy (non-hydrogen) atoms. The number of anilines is 1. The molecule has 0 bridgehead atoms. The Bertz CT molecular complexity index is 425. The second-order valence-corrected chi connectivity index (χ2v) is 7.11. The summed E-state index contributed by atoms with van der Waals surface area (Å²) in [6, 6.07) is 1.43. The van der Waals surface area contributed by atoms with Crippen LogP contribution in [0.15, 0.2) is 0 Å². The zero-order valence-electron chi connectivity index (χ0n) is 12.1. The molecule has 1 N–H and O–H groups in total. The Morgan fingerprint density at radius 3 is 2.89 bits per heavy atom. The van der Waals surface area contributed by atoms with Gasteiger partial charge in [0.1, 0.15) is 0 Å². The highest BCUT2D eigenvalue weighted by molar-refractivity contribution is 7.15. The molecule has 2 heterocycles. The van der Waals surface area contributed by atoms with E-state index in [0.29, 0.717) is 6.04 Å². The van der Waals surface area contributed by atoms with Crippen LogP contribution < -0.4 is 10.2 Å². The molecule has 0 spiro atoms. The van der Waals surface area contributed by atoms with Crippen LogP contribution in [0.5, 0.6) is 0 Å². The fourth-order valence-corrected chi connectivity index (χ4v) is 3.92. The van der Waals surface area contributed by atoms with Crippen molar-refractivity contribution >= 4 is 16.5 Å². The summed E-state index contributed by atoms with van der Waals surface area (Å²) in [6.45, 7) is 6.70. The first-order valence-electron chi connectivity index (χ1n) is 7.70. The molecule has 0 radical (unpaired) electrons. The topological polar surface area (TPSA) is 28.2 Å². The van der Waals surface area contributed by atoms with Gasteiger partial charge >= 0.3 is 0 Å². The monoisotopic (exact) mass is 279 g/mol. The Labute approximate surface area is 120 Å². The third kappa shape index (κ3) is 3.29. The van der Waals surface area contributed by atoms with Crippen LogP contribution in [0.25, 0.3) is 0 Å². The lowest BCUT2D eigenvalue weighted by molar-refractivity contribution is 0.615. The van der Waals surface area contributed by atoms with Gasteiger partial charge in [0.15, 0.2) is 5.13 Å². The van der Waals surface area contributed by atoms with Crippen LogP contribution in [-0.4, -0.2) is 23.6 Å². The van der Waals surface area contributed by atoms with Crippen molar-refractivity contribution in [1.29, 1.82) is 0 Å². The highest BCUT2D eigenvalue weighted by Gasteiger charge is 2.23. The standard InChI is InChI=1S/C15H25N3S/c1-11-6-4-3-5-9-18(11)15-17-12(2)14(19-15)10-16-13-7-8-13/h11,13,16H,3-10H2,1-2H3. The summed E-state index contributed by atoms with van der Waals surface area (Å²) in [5.74, 6) is 0. The predicted octanol–water partition coefficient (Wildman–Crippen LogP) is 3.47. The van der Waals surface area contributed by atoms with Crippen molar-refractivity contribution in [3.05, 3.63) is 10.6 Å². The van der Waals surface area contributed by atoms with Crippen LogP contribution in [0, 0.1) is 6.92 Å². The summed E-state index contributed by atoms with van der Waals surface area (Å²) < 4.78 is 0. The van der Waals surface area contributed by atoms with Gasteiger partial charge in [-0.05, 0) is 39.5 Å². The first kappa shape index (κ1) is 13.4. The van der Waals surface area contributed by atoms with E-state index in [4.69, 9.17) is 4.98 Å². The lowest BCUT2D eigenvalue weighted by atomic mass is 10.1. The third-order valence-corrected chi connectivity index (χ3v) is 5.50. The molecule has 1 aliphatic carbocycles. The van der Waals surface area contributed by atoms with Gasteiger partial charge in [0.05, 0.1) is 5.69 Å². The Hall–Kier alpha value is -0.610. The maximum Gasteiger partial charge on any atom is 0.186 e. The van der Waals surface area contributed by atoms with E-state index < -0.39 is 0 Å². The predicted molar refractivity (Wildman–Crippen MR) is 82.0 cm³/mol. The fourth-order valence-electron chi connectivity index (χ4n) is 2.78. The third-order valence-electron chi connectivity index (χ3n) is 4.31. The number of nitrogens with zero attached hydrogens (tertiary/aromatic N) is 2. The molecule has 1 aromatic rings. The van der Waals surface area contributed by atoms with E-state index in [0.717, 1.165) is 12.6 Å². The summed E-state index contributed by atoms with van der Waals surface area (Å²) in [6.07, 6.45) is 8.09. The molecule has 1 saturated heterocycles. The van der Waals surface area contributed by atoms with E-state index in [1.54, 1.807) is 0 Å². The number of nitrogens with one attached hydrogen (secondary N) is 1. The van der Waals surface area contributed by atoms with Gasteiger partial charge < -0.3 is 10.2 Å². The average Bonchev–Trinajstić information content (AvgIpc) is 3.17. The number of hydrogen-bond donors (Lipinski definition) is 1. The van der Waals surface area contributed by atoms with Crippen molar-refractivity contribution in [2.45, 2.75) is 71.0 Å². The minimum Gasteiger partial charge on any atom is -0.345 e. The van der Waals surface area contributed by atoms with Crippen LogP contribution in [-0.2, 0) is 6.54 Å². The fraction of sp³-hybridized carbons (Fsp3) is 0.800. The Balaban J connectivity index is 1.70. The summed E-state index contributed by atoms with van der Waals surface area (Å²) in [7, 11) is 0. The van der Waals surface area contributed by atoms with Gasteiger partial charge in [-0.25, -0.2) is 4.98 Å². The second-order valence-electron chi connectivity index (χ2n) is 6.05. The largest absolute Gasteiger partial charge is 0.345 e. The van der Waals surface area contributed by atoms with Gasteiger partial charge in [0.2, 0.25) is 0 Å². The molecule has 1 unspecified atom stereocenters. The van der Waals surface area contributed by atoms with E-state index in [2.05, 4.69) is 24.1 Å². The Kier molecular flexibility index (Phi) is 4.08. The molecule has 1 atom stereocenters. The first-order valence-corrected chi connectivity index (χ1v) is 8.52. The molecule has 1 aromatic heterocycles. The molecule has 2 aliphatic rings. The Morgan fingerprint density at radius 1 is 1.26 bits per heavy atom. The molecule has 0 aromatic carbocycles. The molecular formula is C15H25N3S. The molecule has 4 heteroatoms. The molecule has 0 amide bonds. The number of hydrogen-bond acceptors (Lipinski definition) is 4. The van der Waals surface area contributed by atoms with E-state index in [1.807, 2.05) is 11.3 Å². The van der Waals surface area contributed by atoms with Crippen molar-refractivity contribution < 1.29 is 0 Å². The average molecular weight is 279 g/mol.